The summed E-state index contributed by atoms with van der Waals surface area (Å²) >= 11 is 2.07. The zero-order chi connectivity index (χ0) is 14.5. The molecule has 0 radical (unpaired) electrons. The van der Waals surface area contributed by atoms with E-state index in [0.717, 1.165) is 3.57 Å². The number of hydrogen-bond acceptors (Lipinski definition) is 3. The Morgan fingerprint density at radius 1 is 1.00 bits per heavy atom. The van der Waals surface area contributed by atoms with E-state index in [0.29, 0.717) is 11.1 Å². The second-order valence-corrected chi connectivity index (χ2v) is 5.42. The summed E-state index contributed by atoms with van der Waals surface area (Å²) in [6.45, 7) is 1.59. The number of benzene rings is 2. The summed E-state index contributed by atoms with van der Waals surface area (Å²) in [6.07, 6.45) is -0.805. The molecule has 0 aliphatic rings. The van der Waals surface area contributed by atoms with Gasteiger partial charge in [-0.05, 0) is 41.6 Å². The third-order valence-electron chi connectivity index (χ3n) is 2.81. The van der Waals surface area contributed by atoms with Crippen LogP contribution in [0.4, 0.5) is 0 Å². The lowest BCUT2D eigenvalue weighted by Crippen LogP contribution is -2.24. The number of rotatable bonds is 4. The zero-order valence-electron chi connectivity index (χ0n) is 10.9. The van der Waals surface area contributed by atoms with Crippen molar-refractivity contribution in [3.8, 4) is 0 Å². The summed E-state index contributed by atoms with van der Waals surface area (Å²) < 4.78 is 6.04. The van der Waals surface area contributed by atoms with Gasteiger partial charge in [0, 0.05) is 9.13 Å². The van der Waals surface area contributed by atoms with Gasteiger partial charge in [0.15, 0.2) is 6.10 Å². The van der Waals surface area contributed by atoms with Crippen LogP contribution in [0.1, 0.15) is 27.6 Å². The Balaban J connectivity index is 2.09. The second-order valence-electron chi connectivity index (χ2n) is 4.26. The zero-order valence-corrected chi connectivity index (χ0v) is 13.0. The van der Waals surface area contributed by atoms with E-state index in [2.05, 4.69) is 22.6 Å². The smallest absolute Gasteiger partial charge is 0.339 e. The number of Topliss-reactive ketones (excluding diaryl/α,β-unsaturated/α-hetero) is 1. The Hall–Kier alpha value is -1.69. The van der Waals surface area contributed by atoms with E-state index in [-0.39, 0.29) is 5.78 Å². The second kappa shape index (κ2) is 6.65. The van der Waals surface area contributed by atoms with Crippen molar-refractivity contribution in [2.45, 2.75) is 13.0 Å². The molecule has 2 aromatic rings. The molecule has 0 N–H and O–H groups in total. The fourth-order valence-electron chi connectivity index (χ4n) is 1.74. The van der Waals surface area contributed by atoms with E-state index >= 15 is 0 Å². The lowest BCUT2D eigenvalue weighted by Gasteiger charge is -2.13. The predicted octanol–water partition coefficient (Wildman–Crippen LogP) is 3.72. The van der Waals surface area contributed by atoms with E-state index in [9.17, 15) is 9.59 Å². The van der Waals surface area contributed by atoms with Gasteiger partial charge in [0.05, 0.1) is 5.56 Å². The van der Waals surface area contributed by atoms with Crippen molar-refractivity contribution in [1.29, 1.82) is 0 Å². The van der Waals surface area contributed by atoms with Gasteiger partial charge in [0.2, 0.25) is 5.78 Å². The molecule has 20 heavy (non-hydrogen) atoms. The lowest BCUT2D eigenvalue weighted by molar-refractivity contribution is 0.0318. The third-order valence-corrected chi connectivity index (χ3v) is 3.75. The molecule has 0 aliphatic carbocycles. The van der Waals surface area contributed by atoms with Gasteiger partial charge < -0.3 is 4.74 Å². The standard InChI is InChI=1S/C16H13IO3/c1-11(15(18)12-7-3-2-4-8-12)20-16(19)13-9-5-6-10-14(13)17/h2-11H,1H3/t11-/m0/s1. The first-order valence-corrected chi connectivity index (χ1v) is 7.22. The first-order valence-electron chi connectivity index (χ1n) is 6.14. The minimum Gasteiger partial charge on any atom is -0.451 e. The molecule has 4 heteroatoms. The molecule has 0 spiro atoms. The van der Waals surface area contributed by atoms with Gasteiger partial charge in [0.25, 0.3) is 0 Å². The number of esters is 1. The molecule has 2 rings (SSSR count). The maximum absolute atomic E-state index is 12.1. The highest BCUT2D eigenvalue weighted by molar-refractivity contribution is 14.1. The summed E-state index contributed by atoms with van der Waals surface area (Å²) in [5.74, 6) is -0.684. The van der Waals surface area contributed by atoms with E-state index < -0.39 is 12.1 Å². The number of ketones is 1. The first-order chi connectivity index (χ1) is 9.59. The number of halogens is 1. The van der Waals surface area contributed by atoms with Crippen molar-refractivity contribution in [3.63, 3.8) is 0 Å². The molecule has 0 aromatic heterocycles. The SMILES string of the molecule is C[C@H](OC(=O)c1ccccc1I)C(=O)c1ccccc1. The van der Waals surface area contributed by atoms with Crippen LogP contribution in [0, 0.1) is 3.57 Å². The minimum atomic E-state index is -0.805. The van der Waals surface area contributed by atoms with Crippen molar-refractivity contribution >= 4 is 34.3 Å². The Kier molecular flexibility index (Phi) is 4.89. The van der Waals surface area contributed by atoms with Crippen molar-refractivity contribution in [3.05, 3.63) is 69.3 Å². The molecule has 0 saturated heterocycles. The van der Waals surface area contributed by atoms with Crippen molar-refractivity contribution in [2.24, 2.45) is 0 Å². The molecule has 0 saturated carbocycles. The molecular formula is C16H13IO3. The quantitative estimate of drug-likeness (QED) is 0.461. The normalized spacial score (nSPS) is 11.7. The Labute approximate surface area is 131 Å². The van der Waals surface area contributed by atoms with E-state index in [1.54, 1.807) is 43.3 Å². The van der Waals surface area contributed by atoms with E-state index in [1.165, 1.54) is 0 Å². The number of carbonyl (C=O) groups is 2. The van der Waals surface area contributed by atoms with Crippen LogP contribution < -0.4 is 0 Å². The summed E-state index contributed by atoms with van der Waals surface area (Å²) in [4.78, 5) is 24.1. The average Bonchev–Trinajstić information content (AvgIpc) is 2.47. The van der Waals surface area contributed by atoms with E-state index in [1.807, 2.05) is 18.2 Å². The molecule has 2 aromatic carbocycles. The molecule has 0 amide bonds. The van der Waals surface area contributed by atoms with Crippen LogP contribution >= 0.6 is 22.6 Å². The summed E-state index contributed by atoms with van der Waals surface area (Å²) in [6, 6.07) is 15.9. The maximum atomic E-state index is 12.1. The Bertz CT molecular complexity index is 623. The first kappa shape index (κ1) is 14.7. The van der Waals surface area contributed by atoms with Crippen LogP contribution in [0.15, 0.2) is 54.6 Å². The molecule has 3 nitrogen and oxygen atoms in total. The number of hydrogen-bond donors (Lipinski definition) is 0. The van der Waals surface area contributed by atoms with Crippen LogP contribution in [0.25, 0.3) is 0 Å². The Morgan fingerprint density at radius 3 is 2.25 bits per heavy atom. The summed E-state index contributed by atoms with van der Waals surface area (Å²) in [7, 11) is 0. The van der Waals surface area contributed by atoms with Crippen molar-refractivity contribution in [1.82, 2.24) is 0 Å². The van der Waals surface area contributed by atoms with Crippen LogP contribution in [0.2, 0.25) is 0 Å². The van der Waals surface area contributed by atoms with Crippen molar-refractivity contribution < 1.29 is 14.3 Å². The van der Waals surface area contributed by atoms with Crippen LogP contribution in [0.5, 0.6) is 0 Å². The summed E-state index contributed by atoms with van der Waals surface area (Å²) in [5, 5.41) is 0. The van der Waals surface area contributed by atoms with Gasteiger partial charge in [-0.2, -0.15) is 0 Å². The van der Waals surface area contributed by atoms with Gasteiger partial charge in [0.1, 0.15) is 0 Å². The van der Waals surface area contributed by atoms with Gasteiger partial charge in [-0.3, -0.25) is 4.79 Å². The molecule has 0 aliphatic heterocycles. The van der Waals surface area contributed by atoms with Gasteiger partial charge in [-0.1, -0.05) is 42.5 Å². The largest absolute Gasteiger partial charge is 0.451 e. The van der Waals surface area contributed by atoms with Crippen LogP contribution in [-0.2, 0) is 4.74 Å². The molecule has 1 atom stereocenters. The van der Waals surface area contributed by atoms with Crippen LogP contribution in [-0.4, -0.2) is 17.9 Å². The van der Waals surface area contributed by atoms with Gasteiger partial charge in [-0.15, -0.1) is 0 Å². The molecule has 0 heterocycles. The summed E-state index contributed by atoms with van der Waals surface area (Å²) in [5.41, 5.74) is 1.01. The highest BCUT2D eigenvalue weighted by atomic mass is 127. The number of ether oxygens (including phenoxy) is 1. The van der Waals surface area contributed by atoms with Gasteiger partial charge in [-0.25, -0.2) is 4.79 Å². The van der Waals surface area contributed by atoms with E-state index in [4.69, 9.17) is 4.74 Å². The molecule has 0 fully saturated rings. The molecular weight excluding hydrogens is 367 g/mol. The topological polar surface area (TPSA) is 43.4 Å². The minimum absolute atomic E-state index is 0.204. The molecule has 0 unspecified atom stereocenters. The Morgan fingerprint density at radius 2 is 1.60 bits per heavy atom. The maximum Gasteiger partial charge on any atom is 0.339 e. The lowest BCUT2D eigenvalue weighted by atomic mass is 10.1. The fraction of sp³-hybridized carbons (Fsp3) is 0.125. The molecule has 0 bridgehead atoms. The fourth-order valence-corrected chi connectivity index (χ4v) is 2.35. The van der Waals surface area contributed by atoms with Gasteiger partial charge >= 0.3 is 5.97 Å². The predicted molar refractivity (Wildman–Crippen MR) is 84.8 cm³/mol. The third kappa shape index (κ3) is 3.45. The monoisotopic (exact) mass is 380 g/mol. The van der Waals surface area contributed by atoms with Crippen LogP contribution in [0.3, 0.4) is 0 Å². The highest BCUT2D eigenvalue weighted by Gasteiger charge is 2.21. The molecule has 102 valence electrons. The highest BCUT2D eigenvalue weighted by Crippen LogP contribution is 2.15. The number of carbonyl (C=O) groups excluding carboxylic acids is 2. The van der Waals surface area contributed by atoms with Crippen molar-refractivity contribution in [2.75, 3.05) is 0 Å². The average molecular weight is 380 g/mol.